The third-order valence-corrected chi connectivity index (χ3v) is 6.84. The van der Waals surface area contributed by atoms with Crippen LogP contribution < -0.4 is 19.7 Å². The number of carbonyl (C=O) groups excluding carboxylic acids is 2. The minimum atomic E-state index is -4.07. The van der Waals surface area contributed by atoms with Crippen LogP contribution in [0.15, 0.2) is 78.0 Å². The van der Waals surface area contributed by atoms with Crippen molar-refractivity contribution in [3.05, 3.63) is 78.6 Å². The van der Waals surface area contributed by atoms with Gasteiger partial charge in [-0.3, -0.25) is 18.9 Å². The van der Waals surface area contributed by atoms with Crippen molar-refractivity contribution in [1.82, 2.24) is 10.3 Å². The average Bonchev–Trinajstić information content (AvgIpc) is 2.88. The van der Waals surface area contributed by atoms with E-state index in [-0.39, 0.29) is 23.7 Å². The smallest absolute Gasteiger partial charge is 0.302 e. The van der Waals surface area contributed by atoms with Gasteiger partial charge in [0.1, 0.15) is 25.5 Å². The van der Waals surface area contributed by atoms with Crippen LogP contribution in [0.3, 0.4) is 0 Å². The van der Waals surface area contributed by atoms with E-state index in [1.807, 2.05) is 19.1 Å². The molecule has 0 aliphatic heterocycles. The van der Waals surface area contributed by atoms with Gasteiger partial charge >= 0.3 is 5.97 Å². The second-order valence-electron chi connectivity index (χ2n) is 8.03. The Morgan fingerprint density at radius 2 is 1.70 bits per heavy atom. The van der Waals surface area contributed by atoms with Crippen LogP contribution in [0, 0.1) is 6.92 Å². The Morgan fingerprint density at radius 3 is 2.41 bits per heavy atom. The lowest BCUT2D eigenvalue weighted by Gasteiger charge is -2.25. The molecule has 1 heterocycles. The van der Waals surface area contributed by atoms with Gasteiger partial charge in [-0.1, -0.05) is 18.2 Å². The molecule has 0 saturated heterocycles. The van der Waals surface area contributed by atoms with Gasteiger partial charge in [-0.05, 0) is 48.9 Å². The first-order chi connectivity index (χ1) is 17.8. The molecule has 0 saturated carbocycles. The molecule has 11 heteroatoms. The highest BCUT2D eigenvalue weighted by atomic mass is 32.2. The number of aryl methyl sites for hydroxylation is 1. The number of carbonyl (C=O) groups is 2. The van der Waals surface area contributed by atoms with E-state index in [0.717, 1.165) is 15.6 Å². The van der Waals surface area contributed by atoms with Gasteiger partial charge in [-0.25, -0.2) is 8.42 Å². The first-order valence-corrected chi connectivity index (χ1v) is 13.1. The molecule has 10 nitrogen and oxygen atoms in total. The zero-order chi connectivity index (χ0) is 26.7. The summed E-state index contributed by atoms with van der Waals surface area (Å²) in [7, 11) is -4.07. The topological polar surface area (TPSA) is 127 Å². The fourth-order valence-corrected chi connectivity index (χ4v) is 4.82. The minimum Gasteiger partial charge on any atom is -0.492 e. The van der Waals surface area contributed by atoms with Crippen molar-refractivity contribution in [2.75, 3.05) is 42.5 Å². The van der Waals surface area contributed by atoms with Crippen molar-refractivity contribution >= 4 is 33.3 Å². The van der Waals surface area contributed by atoms with E-state index in [1.54, 1.807) is 48.8 Å². The second-order valence-corrected chi connectivity index (χ2v) is 9.89. The maximum Gasteiger partial charge on any atom is 0.302 e. The van der Waals surface area contributed by atoms with Crippen molar-refractivity contribution in [2.45, 2.75) is 18.7 Å². The number of esters is 1. The maximum atomic E-state index is 13.5. The first kappa shape index (κ1) is 27.5. The molecular weight excluding hydrogens is 496 g/mol. The van der Waals surface area contributed by atoms with Crippen molar-refractivity contribution in [1.29, 1.82) is 0 Å². The number of ether oxygens (including phenoxy) is 2. The monoisotopic (exact) mass is 526 g/mol. The highest BCUT2D eigenvalue weighted by Gasteiger charge is 2.27. The zero-order valence-corrected chi connectivity index (χ0v) is 21.5. The molecule has 2 aromatic carbocycles. The molecule has 0 aliphatic carbocycles. The highest BCUT2D eigenvalue weighted by Crippen LogP contribution is 2.28. The molecule has 0 atom stereocenters. The number of amides is 1. The first-order valence-electron chi connectivity index (χ1n) is 11.6. The van der Waals surface area contributed by atoms with E-state index in [2.05, 4.69) is 15.6 Å². The van der Waals surface area contributed by atoms with Gasteiger partial charge in [-0.2, -0.15) is 0 Å². The molecule has 37 heavy (non-hydrogen) atoms. The van der Waals surface area contributed by atoms with E-state index >= 15 is 0 Å². The summed E-state index contributed by atoms with van der Waals surface area (Å²) in [5.74, 6) is -0.543. The third-order valence-electron chi connectivity index (χ3n) is 5.05. The van der Waals surface area contributed by atoms with Crippen LogP contribution in [-0.2, 0) is 24.3 Å². The van der Waals surface area contributed by atoms with Gasteiger partial charge in [0.15, 0.2) is 0 Å². The van der Waals surface area contributed by atoms with Crippen LogP contribution in [0.4, 0.5) is 11.4 Å². The molecule has 0 fully saturated rings. The Bertz CT molecular complexity index is 1290. The summed E-state index contributed by atoms with van der Waals surface area (Å²) in [6.45, 7) is 3.51. The number of anilines is 2. The molecule has 1 amide bonds. The van der Waals surface area contributed by atoms with Crippen LogP contribution >= 0.6 is 0 Å². The van der Waals surface area contributed by atoms with Crippen LogP contribution in [0.1, 0.15) is 12.5 Å². The molecule has 0 bridgehead atoms. The fraction of sp³-hybridized carbons (Fsp3) is 0.269. The lowest BCUT2D eigenvalue weighted by Crippen LogP contribution is -2.41. The number of hydrogen-bond acceptors (Lipinski definition) is 8. The third kappa shape index (κ3) is 8.50. The van der Waals surface area contributed by atoms with E-state index in [0.29, 0.717) is 18.9 Å². The van der Waals surface area contributed by atoms with E-state index < -0.39 is 28.4 Å². The summed E-state index contributed by atoms with van der Waals surface area (Å²) in [6, 6.07) is 16.6. The molecule has 1 aromatic heterocycles. The number of hydrogen-bond donors (Lipinski definition) is 2. The highest BCUT2D eigenvalue weighted by molar-refractivity contribution is 7.92. The van der Waals surface area contributed by atoms with Gasteiger partial charge < -0.3 is 20.1 Å². The number of aromatic nitrogens is 1. The lowest BCUT2D eigenvalue weighted by atomic mass is 10.2. The molecule has 3 aromatic rings. The predicted octanol–water partition coefficient (Wildman–Crippen LogP) is 2.76. The van der Waals surface area contributed by atoms with E-state index in [9.17, 15) is 18.0 Å². The Labute approximate surface area is 216 Å². The number of rotatable bonds is 13. The molecule has 2 N–H and O–H groups in total. The molecule has 0 unspecified atom stereocenters. The lowest BCUT2D eigenvalue weighted by molar-refractivity contribution is -0.141. The number of nitrogens with one attached hydrogen (secondary N) is 2. The normalized spacial score (nSPS) is 10.9. The van der Waals surface area contributed by atoms with Crippen LogP contribution in [-0.4, -0.2) is 58.1 Å². The Hall–Kier alpha value is -4.12. The minimum absolute atomic E-state index is 0.0114. The number of pyridine rings is 1. The Morgan fingerprint density at radius 1 is 0.973 bits per heavy atom. The average molecular weight is 527 g/mol. The van der Waals surface area contributed by atoms with Crippen molar-refractivity contribution in [2.24, 2.45) is 0 Å². The van der Waals surface area contributed by atoms with Gasteiger partial charge in [0.2, 0.25) is 5.91 Å². The van der Waals surface area contributed by atoms with E-state index in [4.69, 9.17) is 9.47 Å². The summed E-state index contributed by atoms with van der Waals surface area (Å²) in [5.41, 5.74) is 1.96. The number of nitrogens with zero attached hydrogens (tertiary/aromatic N) is 2. The van der Waals surface area contributed by atoms with Gasteiger partial charge in [0.25, 0.3) is 10.0 Å². The molecule has 0 radical (unpaired) electrons. The van der Waals surface area contributed by atoms with Gasteiger partial charge in [0, 0.05) is 37.6 Å². The van der Waals surface area contributed by atoms with Crippen molar-refractivity contribution in [3.8, 4) is 5.75 Å². The van der Waals surface area contributed by atoms with E-state index in [1.165, 1.54) is 19.1 Å². The molecular formula is C26H30N4O6S. The Kier molecular flexibility index (Phi) is 9.84. The quantitative estimate of drug-likeness (QED) is 0.257. The maximum absolute atomic E-state index is 13.5. The van der Waals surface area contributed by atoms with Crippen molar-refractivity contribution < 1.29 is 27.5 Å². The fourth-order valence-electron chi connectivity index (χ4n) is 3.40. The molecule has 0 aliphatic rings. The largest absolute Gasteiger partial charge is 0.492 e. The number of benzene rings is 2. The number of sulfonamides is 1. The zero-order valence-electron chi connectivity index (χ0n) is 20.7. The van der Waals surface area contributed by atoms with Gasteiger partial charge in [0.05, 0.1) is 17.1 Å². The molecule has 196 valence electrons. The molecule has 0 spiro atoms. The van der Waals surface area contributed by atoms with Crippen LogP contribution in [0.2, 0.25) is 0 Å². The SMILES string of the molecule is CC(=O)OCCNC(=O)CN(c1cc(C)cc(OCCNc2ccncc2)c1)S(=O)(=O)c1ccccc1. The summed E-state index contributed by atoms with van der Waals surface area (Å²) in [4.78, 5) is 27.6. The van der Waals surface area contributed by atoms with Gasteiger partial charge in [-0.15, -0.1) is 0 Å². The van der Waals surface area contributed by atoms with Crippen LogP contribution in [0.25, 0.3) is 0 Å². The molecule has 3 rings (SSSR count). The predicted molar refractivity (Wildman–Crippen MR) is 140 cm³/mol. The Balaban J connectivity index is 1.78. The standard InChI is InChI=1S/C26H30N4O6S/c1-20-16-23(18-24(17-20)36-15-12-28-22-8-10-27-11-9-22)30(19-26(32)29-13-14-35-21(2)31)37(33,34)25-6-4-3-5-7-25/h3-11,16-18H,12-15,19H2,1-2H3,(H,27,28)(H,29,32). The summed E-state index contributed by atoms with van der Waals surface area (Å²) in [5, 5.41) is 5.80. The van der Waals surface area contributed by atoms with Crippen LogP contribution in [0.5, 0.6) is 5.75 Å². The summed E-state index contributed by atoms with van der Waals surface area (Å²) in [6.07, 6.45) is 3.37. The summed E-state index contributed by atoms with van der Waals surface area (Å²) < 4.78 is 38.8. The van der Waals surface area contributed by atoms with Crippen molar-refractivity contribution in [3.63, 3.8) is 0 Å². The second kappa shape index (κ2) is 13.3. The summed E-state index contributed by atoms with van der Waals surface area (Å²) >= 11 is 0.